The summed E-state index contributed by atoms with van der Waals surface area (Å²) in [6.07, 6.45) is 0. The van der Waals surface area contributed by atoms with Crippen LogP contribution in [0, 0.1) is 25.5 Å². The highest BCUT2D eigenvalue weighted by molar-refractivity contribution is 5.66. The number of nitrogens with one attached hydrogen (secondary N) is 1. The van der Waals surface area contributed by atoms with Crippen molar-refractivity contribution in [3.63, 3.8) is 0 Å². The van der Waals surface area contributed by atoms with Crippen molar-refractivity contribution < 1.29 is 8.78 Å². The summed E-state index contributed by atoms with van der Waals surface area (Å²) in [6.45, 7) is 3.45. The zero-order chi connectivity index (χ0) is 13.3. The quantitative estimate of drug-likeness (QED) is 0.791. The first-order valence-electron chi connectivity index (χ1n) is 5.57. The molecule has 0 unspecified atom stereocenters. The molecule has 0 heterocycles. The minimum atomic E-state index is -0.628. The van der Waals surface area contributed by atoms with Crippen molar-refractivity contribution in [2.45, 2.75) is 13.8 Å². The molecule has 0 saturated heterocycles. The first-order valence-corrected chi connectivity index (χ1v) is 5.57. The predicted molar refractivity (Wildman–Crippen MR) is 70.0 cm³/mol. The Hall–Kier alpha value is -2.10. The fourth-order valence-electron chi connectivity index (χ4n) is 1.63. The Labute approximate surface area is 104 Å². The molecular weight excluding hydrogens is 234 g/mol. The van der Waals surface area contributed by atoms with Gasteiger partial charge < -0.3 is 11.1 Å². The van der Waals surface area contributed by atoms with E-state index in [1.165, 1.54) is 12.1 Å². The van der Waals surface area contributed by atoms with Crippen molar-refractivity contribution in [3.05, 3.63) is 53.1 Å². The molecule has 0 bridgehead atoms. The van der Waals surface area contributed by atoms with Crippen LogP contribution >= 0.6 is 0 Å². The molecule has 0 aliphatic heterocycles. The maximum atomic E-state index is 13.8. The molecule has 2 rings (SSSR count). The maximum absolute atomic E-state index is 13.8. The van der Waals surface area contributed by atoms with Crippen molar-refractivity contribution in [1.82, 2.24) is 0 Å². The molecule has 94 valence electrons. The molecule has 0 amide bonds. The van der Waals surface area contributed by atoms with E-state index in [9.17, 15) is 8.78 Å². The SMILES string of the molecule is Cc1ccc(Nc2c(F)ccc(C)c2F)cc1N. The fraction of sp³-hybridized carbons (Fsp3) is 0.143. The van der Waals surface area contributed by atoms with Gasteiger partial charge in [0.05, 0.1) is 0 Å². The topological polar surface area (TPSA) is 38.0 Å². The molecule has 0 saturated carbocycles. The van der Waals surface area contributed by atoms with Crippen LogP contribution in [0.25, 0.3) is 0 Å². The van der Waals surface area contributed by atoms with Gasteiger partial charge in [0.2, 0.25) is 0 Å². The Morgan fingerprint density at radius 3 is 2.33 bits per heavy atom. The van der Waals surface area contributed by atoms with Crippen molar-refractivity contribution >= 4 is 17.1 Å². The average molecular weight is 248 g/mol. The number of halogens is 2. The van der Waals surface area contributed by atoms with Crippen LogP contribution in [0.3, 0.4) is 0 Å². The second-order valence-electron chi connectivity index (χ2n) is 4.25. The third-order valence-electron chi connectivity index (χ3n) is 2.83. The monoisotopic (exact) mass is 248 g/mol. The first-order chi connectivity index (χ1) is 8.49. The summed E-state index contributed by atoms with van der Waals surface area (Å²) in [5, 5.41) is 2.72. The summed E-state index contributed by atoms with van der Waals surface area (Å²) in [6, 6.07) is 7.81. The smallest absolute Gasteiger partial charge is 0.152 e. The lowest BCUT2D eigenvalue weighted by molar-refractivity contribution is 0.585. The molecule has 0 atom stereocenters. The fourth-order valence-corrected chi connectivity index (χ4v) is 1.63. The van der Waals surface area contributed by atoms with Crippen LogP contribution in [-0.2, 0) is 0 Å². The van der Waals surface area contributed by atoms with Crippen LogP contribution in [0.15, 0.2) is 30.3 Å². The van der Waals surface area contributed by atoms with Crippen LogP contribution in [0.2, 0.25) is 0 Å². The van der Waals surface area contributed by atoms with Crippen LogP contribution in [0.4, 0.5) is 25.8 Å². The third-order valence-corrected chi connectivity index (χ3v) is 2.83. The summed E-state index contributed by atoms with van der Waals surface area (Å²) in [5.41, 5.74) is 8.04. The lowest BCUT2D eigenvalue weighted by Gasteiger charge is -2.11. The van der Waals surface area contributed by atoms with E-state index in [2.05, 4.69) is 5.32 Å². The highest BCUT2D eigenvalue weighted by Gasteiger charge is 2.11. The molecule has 4 heteroatoms. The van der Waals surface area contributed by atoms with E-state index in [1.807, 2.05) is 6.92 Å². The molecular formula is C14H14F2N2. The minimum absolute atomic E-state index is 0.154. The second-order valence-corrected chi connectivity index (χ2v) is 4.25. The summed E-state index contributed by atoms with van der Waals surface area (Å²) < 4.78 is 27.4. The number of anilines is 3. The van der Waals surface area contributed by atoms with Gasteiger partial charge in [-0.05, 0) is 43.2 Å². The Balaban J connectivity index is 2.39. The van der Waals surface area contributed by atoms with Gasteiger partial charge in [0.1, 0.15) is 11.5 Å². The number of hydrogen-bond donors (Lipinski definition) is 2. The van der Waals surface area contributed by atoms with Gasteiger partial charge in [-0.25, -0.2) is 8.78 Å². The van der Waals surface area contributed by atoms with E-state index in [0.717, 1.165) is 5.56 Å². The Morgan fingerprint density at radius 2 is 1.67 bits per heavy atom. The first kappa shape index (κ1) is 12.4. The Morgan fingerprint density at radius 1 is 1.00 bits per heavy atom. The van der Waals surface area contributed by atoms with E-state index in [1.54, 1.807) is 25.1 Å². The molecule has 2 aromatic carbocycles. The summed E-state index contributed by atoms with van der Waals surface area (Å²) in [5.74, 6) is -1.22. The van der Waals surface area contributed by atoms with Crippen LogP contribution < -0.4 is 11.1 Å². The van der Waals surface area contributed by atoms with Crippen LogP contribution in [0.1, 0.15) is 11.1 Å². The zero-order valence-electron chi connectivity index (χ0n) is 10.2. The summed E-state index contributed by atoms with van der Waals surface area (Å²) >= 11 is 0. The second kappa shape index (κ2) is 4.64. The van der Waals surface area contributed by atoms with Crippen LogP contribution in [-0.4, -0.2) is 0 Å². The minimum Gasteiger partial charge on any atom is -0.398 e. The van der Waals surface area contributed by atoms with E-state index in [-0.39, 0.29) is 5.69 Å². The molecule has 0 spiro atoms. The van der Waals surface area contributed by atoms with Gasteiger partial charge in [0.25, 0.3) is 0 Å². The average Bonchev–Trinajstić information content (AvgIpc) is 2.34. The number of hydrogen-bond acceptors (Lipinski definition) is 2. The van der Waals surface area contributed by atoms with Gasteiger partial charge in [-0.1, -0.05) is 12.1 Å². The maximum Gasteiger partial charge on any atom is 0.152 e. The largest absolute Gasteiger partial charge is 0.398 e. The zero-order valence-corrected chi connectivity index (χ0v) is 10.2. The number of benzene rings is 2. The highest BCUT2D eigenvalue weighted by atomic mass is 19.1. The molecule has 0 radical (unpaired) electrons. The molecule has 3 N–H and O–H groups in total. The number of nitrogens with two attached hydrogens (primary N) is 1. The molecule has 18 heavy (non-hydrogen) atoms. The number of rotatable bonds is 2. The summed E-state index contributed by atoms with van der Waals surface area (Å²) in [7, 11) is 0. The molecule has 0 aromatic heterocycles. The van der Waals surface area contributed by atoms with Gasteiger partial charge in [-0.3, -0.25) is 0 Å². The van der Waals surface area contributed by atoms with Crippen molar-refractivity contribution in [2.75, 3.05) is 11.1 Å². The van der Waals surface area contributed by atoms with Crippen molar-refractivity contribution in [3.8, 4) is 0 Å². The van der Waals surface area contributed by atoms with E-state index >= 15 is 0 Å². The standard InChI is InChI=1S/C14H14F2N2/c1-8-3-5-10(7-12(8)17)18-14-11(15)6-4-9(2)13(14)16/h3-7,18H,17H2,1-2H3. The third kappa shape index (κ3) is 2.27. The summed E-state index contributed by atoms with van der Waals surface area (Å²) in [4.78, 5) is 0. The van der Waals surface area contributed by atoms with Crippen molar-refractivity contribution in [2.24, 2.45) is 0 Å². The lowest BCUT2D eigenvalue weighted by atomic mass is 10.1. The molecule has 0 fully saturated rings. The number of aryl methyl sites for hydroxylation is 2. The number of nitrogen functional groups attached to an aromatic ring is 1. The highest BCUT2D eigenvalue weighted by Crippen LogP contribution is 2.27. The van der Waals surface area contributed by atoms with Gasteiger partial charge in [0.15, 0.2) is 5.82 Å². The van der Waals surface area contributed by atoms with E-state index in [0.29, 0.717) is 16.9 Å². The molecule has 0 aliphatic carbocycles. The molecule has 0 aliphatic rings. The lowest BCUT2D eigenvalue weighted by Crippen LogP contribution is -2.00. The van der Waals surface area contributed by atoms with Gasteiger partial charge in [-0.2, -0.15) is 0 Å². The Kier molecular flexibility index (Phi) is 3.19. The van der Waals surface area contributed by atoms with Gasteiger partial charge in [0, 0.05) is 11.4 Å². The Bertz CT molecular complexity index is 595. The van der Waals surface area contributed by atoms with Crippen molar-refractivity contribution in [1.29, 1.82) is 0 Å². The molecule has 2 aromatic rings. The van der Waals surface area contributed by atoms with Gasteiger partial charge >= 0.3 is 0 Å². The predicted octanol–water partition coefficient (Wildman–Crippen LogP) is 3.91. The molecule has 2 nitrogen and oxygen atoms in total. The van der Waals surface area contributed by atoms with Gasteiger partial charge in [-0.15, -0.1) is 0 Å². The van der Waals surface area contributed by atoms with Crippen LogP contribution in [0.5, 0.6) is 0 Å². The van der Waals surface area contributed by atoms with E-state index < -0.39 is 11.6 Å². The normalized spacial score (nSPS) is 10.4. The van der Waals surface area contributed by atoms with E-state index in [4.69, 9.17) is 5.73 Å².